The molecule has 1 aromatic carbocycles. The number of esters is 1. The molecule has 1 aromatic rings. The Hall–Kier alpha value is -1.39. The molecule has 0 saturated heterocycles. The fraction of sp³-hybridized carbons (Fsp3) is 0.200. The predicted molar refractivity (Wildman–Crippen MR) is 59.4 cm³/mol. The number of nitriles is 1. The molecule has 0 amide bonds. The summed E-state index contributed by atoms with van der Waals surface area (Å²) >= 11 is 5.15. The smallest absolute Gasteiger partial charge is 0.446 e. The summed E-state index contributed by atoms with van der Waals surface area (Å²) in [5.74, 6) is -1.04. The first kappa shape index (κ1) is 14.7. The second-order valence-electron chi connectivity index (χ2n) is 2.95. The standard InChI is InChI=1S/C10H5ClF3NO2S/c1-17-9(16)8-5(4-15)6(11)2-3-7(8)18-10(12,13)14/h2-3H,1H3. The quantitative estimate of drug-likeness (QED) is 0.618. The van der Waals surface area contributed by atoms with Crippen LogP contribution in [0.4, 0.5) is 13.2 Å². The average molecular weight is 296 g/mol. The normalized spacial score (nSPS) is 10.9. The van der Waals surface area contributed by atoms with Gasteiger partial charge in [-0.25, -0.2) is 4.79 Å². The van der Waals surface area contributed by atoms with Gasteiger partial charge in [-0.15, -0.1) is 0 Å². The van der Waals surface area contributed by atoms with Crippen LogP contribution in [0.5, 0.6) is 0 Å². The van der Waals surface area contributed by atoms with Crippen molar-refractivity contribution in [3.8, 4) is 6.07 Å². The topological polar surface area (TPSA) is 50.1 Å². The van der Waals surface area contributed by atoms with E-state index in [0.717, 1.165) is 19.2 Å². The van der Waals surface area contributed by atoms with Gasteiger partial charge in [0.05, 0.1) is 23.3 Å². The summed E-state index contributed by atoms with van der Waals surface area (Å²) in [6.07, 6.45) is 0. The zero-order chi connectivity index (χ0) is 13.9. The molecule has 0 N–H and O–H groups in total. The lowest BCUT2D eigenvalue weighted by Crippen LogP contribution is -2.09. The van der Waals surface area contributed by atoms with E-state index in [9.17, 15) is 18.0 Å². The number of methoxy groups -OCH3 is 1. The summed E-state index contributed by atoms with van der Waals surface area (Å²) in [5.41, 5.74) is -5.39. The molecular weight excluding hydrogens is 291 g/mol. The maximum absolute atomic E-state index is 12.3. The molecule has 18 heavy (non-hydrogen) atoms. The predicted octanol–water partition coefficient (Wildman–Crippen LogP) is 3.61. The van der Waals surface area contributed by atoms with Crippen LogP contribution in [0, 0.1) is 11.3 Å². The number of alkyl halides is 3. The lowest BCUT2D eigenvalue weighted by molar-refractivity contribution is -0.0328. The van der Waals surface area contributed by atoms with Crippen LogP contribution in [0.25, 0.3) is 0 Å². The van der Waals surface area contributed by atoms with Crippen molar-refractivity contribution in [1.29, 1.82) is 5.26 Å². The Morgan fingerprint density at radius 1 is 1.50 bits per heavy atom. The molecule has 8 heteroatoms. The lowest BCUT2D eigenvalue weighted by Gasteiger charge is -2.11. The Morgan fingerprint density at radius 3 is 2.56 bits per heavy atom. The van der Waals surface area contributed by atoms with Crippen LogP contribution in [-0.4, -0.2) is 18.6 Å². The van der Waals surface area contributed by atoms with Crippen LogP contribution in [0.3, 0.4) is 0 Å². The molecule has 0 aromatic heterocycles. The van der Waals surface area contributed by atoms with Crippen molar-refractivity contribution in [3.63, 3.8) is 0 Å². The summed E-state index contributed by atoms with van der Waals surface area (Å²) in [6, 6.07) is 3.74. The third kappa shape index (κ3) is 3.31. The van der Waals surface area contributed by atoms with Crippen LogP contribution < -0.4 is 0 Å². The van der Waals surface area contributed by atoms with Gasteiger partial charge in [-0.2, -0.15) is 18.4 Å². The van der Waals surface area contributed by atoms with E-state index in [0.29, 0.717) is 0 Å². The molecule has 1 rings (SSSR count). The van der Waals surface area contributed by atoms with Gasteiger partial charge in [0.2, 0.25) is 0 Å². The minimum Gasteiger partial charge on any atom is -0.465 e. The molecule has 0 spiro atoms. The van der Waals surface area contributed by atoms with Gasteiger partial charge < -0.3 is 4.74 Å². The third-order valence-corrected chi connectivity index (χ3v) is 2.95. The first-order chi connectivity index (χ1) is 8.30. The van der Waals surface area contributed by atoms with Crippen LogP contribution >= 0.6 is 23.4 Å². The fourth-order valence-electron chi connectivity index (χ4n) is 1.18. The highest BCUT2D eigenvalue weighted by molar-refractivity contribution is 8.00. The number of benzene rings is 1. The van der Waals surface area contributed by atoms with Crippen LogP contribution in [-0.2, 0) is 4.74 Å². The fourth-order valence-corrected chi connectivity index (χ4v) is 2.05. The number of hydrogen-bond donors (Lipinski definition) is 0. The number of hydrogen-bond acceptors (Lipinski definition) is 4. The van der Waals surface area contributed by atoms with Gasteiger partial charge in [-0.3, -0.25) is 0 Å². The Bertz CT molecular complexity index is 525. The molecule has 0 heterocycles. The average Bonchev–Trinajstić information content (AvgIpc) is 2.28. The lowest BCUT2D eigenvalue weighted by atomic mass is 10.1. The molecule has 96 valence electrons. The largest absolute Gasteiger partial charge is 0.465 e. The highest BCUT2D eigenvalue weighted by Crippen LogP contribution is 2.40. The van der Waals surface area contributed by atoms with E-state index in [1.165, 1.54) is 0 Å². The van der Waals surface area contributed by atoms with Gasteiger partial charge in [0.25, 0.3) is 0 Å². The molecule has 0 unspecified atom stereocenters. The number of rotatable bonds is 2. The Kier molecular flexibility index (Phi) is 4.48. The minimum absolute atomic E-state index is 0.107. The van der Waals surface area contributed by atoms with Crippen molar-refractivity contribution in [1.82, 2.24) is 0 Å². The van der Waals surface area contributed by atoms with E-state index in [-0.39, 0.29) is 10.6 Å². The molecule has 0 bridgehead atoms. The molecule has 3 nitrogen and oxygen atoms in total. The van der Waals surface area contributed by atoms with Crippen molar-refractivity contribution < 1.29 is 22.7 Å². The monoisotopic (exact) mass is 295 g/mol. The van der Waals surface area contributed by atoms with E-state index in [2.05, 4.69) is 4.74 Å². The van der Waals surface area contributed by atoms with Gasteiger partial charge >= 0.3 is 11.5 Å². The van der Waals surface area contributed by atoms with E-state index in [1.54, 1.807) is 6.07 Å². The van der Waals surface area contributed by atoms with Gasteiger partial charge in [0.15, 0.2) is 0 Å². The first-order valence-electron chi connectivity index (χ1n) is 4.36. The Morgan fingerprint density at radius 2 is 2.11 bits per heavy atom. The third-order valence-electron chi connectivity index (χ3n) is 1.84. The Labute approximate surface area is 109 Å². The number of carbonyl (C=O) groups is 1. The highest BCUT2D eigenvalue weighted by atomic mass is 35.5. The maximum Gasteiger partial charge on any atom is 0.446 e. The van der Waals surface area contributed by atoms with E-state index >= 15 is 0 Å². The van der Waals surface area contributed by atoms with Crippen LogP contribution in [0.1, 0.15) is 15.9 Å². The van der Waals surface area contributed by atoms with E-state index < -0.39 is 33.7 Å². The first-order valence-corrected chi connectivity index (χ1v) is 5.56. The van der Waals surface area contributed by atoms with Gasteiger partial charge in [-0.1, -0.05) is 11.6 Å². The van der Waals surface area contributed by atoms with Crippen molar-refractivity contribution in [2.45, 2.75) is 10.4 Å². The van der Waals surface area contributed by atoms with Gasteiger partial charge in [0.1, 0.15) is 6.07 Å². The zero-order valence-corrected chi connectivity index (χ0v) is 10.4. The number of nitrogens with zero attached hydrogens (tertiary/aromatic N) is 1. The van der Waals surface area contributed by atoms with Crippen molar-refractivity contribution in [2.75, 3.05) is 7.11 Å². The summed E-state index contributed by atoms with van der Waals surface area (Å²) < 4.78 is 41.3. The molecular formula is C10H5ClF3NO2S. The highest BCUT2D eigenvalue weighted by Gasteiger charge is 2.33. The van der Waals surface area contributed by atoms with Gasteiger partial charge in [0, 0.05) is 4.90 Å². The second kappa shape index (κ2) is 5.50. The number of halogens is 4. The molecule has 0 aliphatic carbocycles. The molecule has 0 radical (unpaired) electrons. The SMILES string of the molecule is COC(=O)c1c(SC(F)(F)F)ccc(Cl)c1C#N. The summed E-state index contributed by atoms with van der Waals surface area (Å²) in [4.78, 5) is 11.0. The molecule has 0 fully saturated rings. The second-order valence-corrected chi connectivity index (χ2v) is 4.46. The van der Waals surface area contributed by atoms with Crippen molar-refractivity contribution in [3.05, 3.63) is 28.3 Å². The van der Waals surface area contributed by atoms with Crippen molar-refractivity contribution >= 4 is 29.3 Å². The molecule has 0 atom stereocenters. The molecule has 0 aliphatic rings. The van der Waals surface area contributed by atoms with Crippen molar-refractivity contribution in [2.24, 2.45) is 0 Å². The molecule has 0 saturated carbocycles. The molecule has 0 aliphatic heterocycles. The van der Waals surface area contributed by atoms with E-state index in [4.69, 9.17) is 16.9 Å². The van der Waals surface area contributed by atoms with E-state index in [1.807, 2.05) is 0 Å². The Balaban J connectivity index is 3.44. The van der Waals surface area contributed by atoms with Crippen LogP contribution in [0.2, 0.25) is 5.02 Å². The summed E-state index contributed by atoms with van der Waals surface area (Å²) in [5, 5.41) is 8.73. The number of ether oxygens (including phenoxy) is 1. The number of carbonyl (C=O) groups excluding carboxylic acids is 1. The maximum atomic E-state index is 12.3. The number of thioether (sulfide) groups is 1. The minimum atomic E-state index is -4.58. The summed E-state index contributed by atoms with van der Waals surface area (Å²) in [6.45, 7) is 0. The summed E-state index contributed by atoms with van der Waals surface area (Å²) in [7, 11) is 1.01. The van der Waals surface area contributed by atoms with Gasteiger partial charge in [-0.05, 0) is 23.9 Å². The zero-order valence-electron chi connectivity index (χ0n) is 8.84. The van der Waals surface area contributed by atoms with Crippen LogP contribution in [0.15, 0.2) is 17.0 Å².